The lowest BCUT2D eigenvalue weighted by Crippen LogP contribution is -2.16. The molecule has 0 N–H and O–H groups in total. The minimum atomic E-state index is -0.189. The van der Waals surface area contributed by atoms with Gasteiger partial charge in [-0.05, 0) is 25.0 Å². The number of nitriles is 1. The lowest BCUT2D eigenvalue weighted by atomic mass is 10.0. The van der Waals surface area contributed by atoms with Gasteiger partial charge in [0, 0.05) is 11.8 Å². The Morgan fingerprint density at radius 1 is 1.45 bits per heavy atom. The summed E-state index contributed by atoms with van der Waals surface area (Å²) in [5.41, 5.74) is 1.15. The lowest BCUT2D eigenvalue weighted by Gasteiger charge is -2.09. The predicted octanol–water partition coefficient (Wildman–Crippen LogP) is 2.00. The molecule has 2 aliphatic rings. The van der Waals surface area contributed by atoms with Crippen LogP contribution in [0.1, 0.15) is 25.0 Å². The molecule has 5 nitrogen and oxygen atoms in total. The van der Waals surface area contributed by atoms with Crippen LogP contribution in [0, 0.1) is 16.7 Å². The number of aromatic nitrogens is 2. The number of ether oxygens (including phenoxy) is 1. The summed E-state index contributed by atoms with van der Waals surface area (Å²) < 4.78 is 7.24. The Bertz CT molecular complexity index is 752. The molecular formula is C15H13N3O2. The fraction of sp³-hybridized carbons (Fsp3) is 0.400. The van der Waals surface area contributed by atoms with Gasteiger partial charge in [-0.2, -0.15) is 10.4 Å². The molecular weight excluding hydrogens is 254 g/mol. The fourth-order valence-corrected chi connectivity index (χ4v) is 3.04. The van der Waals surface area contributed by atoms with Crippen LogP contribution in [0.2, 0.25) is 0 Å². The second-order valence-electron chi connectivity index (χ2n) is 5.67. The Balaban J connectivity index is 1.67. The van der Waals surface area contributed by atoms with Crippen molar-refractivity contribution in [1.29, 1.82) is 5.26 Å². The van der Waals surface area contributed by atoms with Gasteiger partial charge in [0.05, 0.1) is 17.5 Å². The third-order valence-electron chi connectivity index (χ3n) is 4.32. The first kappa shape index (κ1) is 11.5. The van der Waals surface area contributed by atoms with Crippen LogP contribution in [-0.4, -0.2) is 21.9 Å². The summed E-state index contributed by atoms with van der Waals surface area (Å²) in [4.78, 5) is 11.8. The Kier molecular flexibility index (Phi) is 2.19. The molecule has 1 saturated heterocycles. The first-order chi connectivity index (χ1) is 9.72. The molecule has 100 valence electrons. The quantitative estimate of drug-likeness (QED) is 0.780. The van der Waals surface area contributed by atoms with E-state index in [9.17, 15) is 4.79 Å². The standard InChI is InChI=1S/C15H13N3O2/c16-8-12-11-3-1-2-4-13(11)18(17-12)9-10-7-15(5-6-15)14(19)20-10/h1-4,10H,5-7,9H2. The lowest BCUT2D eigenvalue weighted by molar-refractivity contribution is -0.145. The molecule has 2 fully saturated rings. The van der Waals surface area contributed by atoms with E-state index < -0.39 is 0 Å². The highest BCUT2D eigenvalue weighted by Gasteiger charge is 2.57. The molecule has 20 heavy (non-hydrogen) atoms. The SMILES string of the molecule is N#Cc1nn(CC2CC3(CC3)C(=O)O2)c2ccccc12. The Hall–Kier alpha value is -2.35. The highest BCUT2D eigenvalue weighted by atomic mass is 16.6. The summed E-state index contributed by atoms with van der Waals surface area (Å²) in [7, 11) is 0. The van der Waals surface area contributed by atoms with Crippen molar-refractivity contribution in [3.8, 4) is 6.07 Å². The van der Waals surface area contributed by atoms with E-state index in [1.165, 1.54) is 0 Å². The number of rotatable bonds is 2. The minimum Gasteiger partial charge on any atom is -0.460 e. The van der Waals surface area contributed by atoms with Crippen LogP contribution in [0.5, 0.6) is 0 Å². The Morgan fingerprint density at radius 3 is 2.95 bits per heavy atom. The van der Waals surface area contributed by atoms with Gasteiger partial charge in [-0.25, -0.2) is 0 Å². The van der Waals surface area contributed by atoms with Gasteiger partial charge in [0.25, 0.3) is 0 Å². The molecule has 2 aromatic rings. The number of nitrogens with zero attached hydrogens (tertiary/aromatic N) is 3. The van der Waals surface area contributed by atoms with Gasteiger partial charge in [0.2, 0.25) is 0 Å². The smallest absolute Gasteiger partial charge is 0.312 e. The number of para-hydroxylation sites is 1. The van der Waals surface area contributed by atoms with Crippen molar-refractivity contribution in [3.63, 3.8) is 0 Å². The van der Waals surface area contributed by atoms with Crippen molar-refractivity contribution in [2.75, 3.05) is 0 Å². The van der Waals surface area contributed by atoms with Gasteiger partial charge in [-0.15, -0.1) is 0 Å². The molecule has 1 aromatic carbocycles. The molecule has 0 radical (unpaired) electrons. The van der Waals surface area contributed by atoms with Crippen LogP contribution in [0.25, 0.3) is 10.9 Å². The van der Waals surface area contributed by atoms with Gasteiger partial charge in [-0.1, -0.05) is 12.1 Å². The number of hydrogen-bond donors (Lipinski definition) is 0. The van der Waals surface area contributed by atoms with E-state index in [2.05, 4.69) is 11.2 Å². The summed E-state index contributed by atoms with van der Waals surface area (Å²) in [6.07, 6.45) is 2.55. The van der Waals surface area contributed by atoms with Crippen molar-refractivity contribution < 1.29 is 9.53 Å². The van der Waals surface area contributed by atoms with Crippen molar-refractivity contribution in [2.45, 2.75) is 31.9 Å². The number of fused-ring (bicyclic) bond motifs is 1. The van der Waals surface area contributed by atoms with Gasteiger partial charge in [0.15, 0.2) is 5.69 Å². The number of esters is 1. The molecule has 4 rings (SSSR count). The largest absolute Gasteiger partial charge is 0.460 e. The Morgan fingerprint density at radius 2 is 2.25 bits per heavy atom. The molecule has 1 aromatic heterocycles. The zero-order valence-corrected chi connectivity index (χ0v) is 10.9. The van der Waals surface area contributed by atoms with Crippen LogP contribution in [0.3, 0.4) is 0 Å². The molecule has 0 amide bonds. The molecule has 1 aliphatic heterocycles. The summed E-state index contributed by atoms with van der Waals surface area (Å²) in [5, 5.41) is 14.3. The average molecular weight is 267 g/mol. The first-order valence-corrected chi connectivity index (χ1v) is 6.79. The fourth-order valence-electron chi connectivity index (χ4n) is 3.04. The maximum absolute atomic E-state index is 11.8. The van der Waals surface area contributed by atoms with Crippen LogP contribution >= 0.6 is 0 Å². The molecule has 1 spiro atoms. The van der Waals surface area contributed by atoms with Gasteiger partial charge in [0.1, 0.15) is 12.2 Å². The second-order valence-corrected chi connectivity index (χ2v) is 5.67. The van der Waals surface area contributed by atoms with Crippen LogP contribution < -0.4 is 0 Å². The number of benzene rings is 1. The maximum Gasteiger partial charge on any atom is 0.312 e. The molecule has 1 saturated carbocycles. The predicted molar refractivity (Wildman–Crippen MR) is 70.6 cm³/mol. The first-order valence-electron chi connectivity index (χ1n) is 6.79. The van der Waals surface area contributed by atoms with Crippen molar-refractivity contribution in [3.05, 3.63) is 30.0 Å². The Labute approximate surface area is 115 Å². The summed E-state index contributed by atoms with van der Waals surface area (Å²) in [6.45, 7) is 0.523. The van der Waals surface area contributed by atoms with E-state index in [0.29, 0.717) is 12.2 Å². The van der Waals surface area contributed by atoms with Crippen molar-refractivity contribution >= 4 is 16.9 Å². The van der Waals surface area contributed by atoms with Gasteiger partial charge >= 0.3 is 5.97 Å². The van der Waals surface area contributed by atoms with Gasteiger partial charge < -0.3 is 4.74 Å². The van der Waals surface area contributed by atoms with E-state index >= 15 is 0 Å². The average Bonchev–Trinajstić information content (AvgIpc) is 3.06. The third-order valence-corrected chi connectivity index (χ3v) is 4.32. The monoisotopic (exact) mass is 267 g/mol. The topological polar surface area (TPSA) is 67.9 Å². The number of carbonyl (C=O) groups is 1. The van der Waals surface area contributed by atoms with Crippen molar-refractivity contribution in [2.24, 2.45) is 5.41 Å². The normalized spacial score (nSPS) is 22.9. The van der Waals surface area contributed by atoms with Gasteiger partial charge in [-0.3, -0.25) is 9.48 Å². The van der Waals surface area contributed by atoms with E-state index in [1.54, 1.807) is 4.68 Å². The maximum atomic E-state index is 11.8. The molecule has 1 aliphatic carbocycles. The number of cyclic esters (lactones) is 1. The number of carbonyl (C=O) groups excluding carboxylic acids is 1. The highest BCUT2D eigenvalue weighted by molar-refractivity contribution is 5.84. The van der Waals surface area contributed by atoms with E-state index in [4.69, 9.17) is 10.00 Å². The zero-order chi connectivity index (χ0) is 13.7. The van der Waals surface area contributed by atoms with E-state index in [1.807, 2.05) is 24.3 Å². The summed E-state index contributed by atoms with van der Waals surface area (Å²) in [5.74, 6) is -0.0560. The molecule has 2 heterocycles. The van der Waals surface area contributed by atoms with Crippen LogP contribution in [0.15, 0.2) is 24.3 Å². The highest BCUT2D eigenvalue weighted by Crippen LogP contribution is 2.55. The van der Waals surface area contributed by atoms with Crippen molar-refractivity contribution in [1.82, 2.24) is 9.78 Å². The molecule has 1 unspecified atom stereocenters. The molecule has 0 bridgehead atoms. The zero-order valence-electron chi connectivity index (χ0n) is 10.9. The van der Waals surface area contributed by atoms with E-state index in [0.717, 1.165) is 30.2 Å². The van der Waals surface area contributed by atoms with E-state index in [-0.39, 0.29) is 17.5 Å². The number of hydrogen-bond acceptors (Lipinski definition) is 4. The third kappa shape index (κ3) is 1.54. The van der Waals surface area contributed by atoms with Crippen LogP contribution in [-0.2, 0) is 16.1 Å². The van der Waals surface area contributed by atoms with Crippen LogP contribution in [0.4, 0.5) is 0 Å². The molecule has 5 heteroatoms. The summed E-state index contributed by atoms with van der Waals surface area (Å²) >= 11 is 0. The summed E-state index contributed by atoms with van der Waals surface area (Å²) in [6, 6.07) is 9.75. The minimum absolute atomic E-state index is 0.0560. The molecule has 1 atom stereocenters. The second kappa shape index (κ2) is 3.83.